The molecule has 1 heterocycles. The van der Waals surface area contributed by atoms with Crippen molar-refractivity contribution in [1.29, 1.82) is 0 Å². The molecule has 1 N–H and O–H groups in total. The Hall–Kier alpha value is -1.58. The van der Waals surface area contributed by atoms with E-state index in [2.05, 4.69) is 24.1 Å². The van der Waals surface area contributed by atoms with Crippen LogP contribution in [0.3, 0.4) is 0 Å². The van der Waals surface area contributed by atoms with E-state index in [1.807, 2.05) is 13.0 Å². The molecule has 0 radical (unpaired) electrons. The lowest BCUT2D eigenvalue weighted by Crippen LogP contribution is -2.30. The first-order chi connectivity index (χ1) is 9.51. The minimum atomic E-state index is -0.332. The highest BCUT2D eigenvalue weighted by atomic mass is 16.5. The van der Waals surface area contributed by atoms with Crippen molar-refractivity contribution in [2.45, 2.75) is 46.1 Å². The molecule has 0 saturated heterocycles. The smallest absolute Gasteiger partial charge is 0.339 e. The first kappa shape index (κ1) is 14.8. The molecular formula is C16H24N2O2. The molecule has 0 amide bonds. The van der Waals surface area contributed by atoms with Gasteiger partial charge in [0.05, 0.1) is 18.4 Å². The molecule has 3 atom stereocenters. The van der Waals surface area contributed by atoms with Crippen LogP contribution in [0, 0.1) is 18.8 Å². The van der Waals surface area contributed by atoms with E-state index in [1.165, 1.54) is 26.4 Å². The Morgan fingerprint density at radius 2 is 2.05 bits per heavy atom. The standard InChI is InChI=1S/C16H24N2O2/c1-10-5-6-13(9-11(10)2)18-15-8-7-14(12(3)17-15)16(19)20-4/h7-8,10-11,13H,5-6,9H2,1-4H3,(H,17,18). The molecule has 20 heavy (non-hydrogen) atoms. The third-order valence-corrected chi connectivity index (χ3v) is 4.44. The van der Waals surface area contributed by atoms with Gasteiger partial charge in [-0.05, 0) is 50.2 Å². The van der Waals surface area contributed by atoms with Crippen LogP contribution in [0.15, 0.2) is 12.1 Å². The fraction of sp³-hybridized carbons (Fsp3) is 0.625. The van der Waals surface area contributed by atoms with Gasteiger partial charge in [0.1, 0.15) is 5.82 Å². The Kier molecular flexibility index (Phi) is 4.63. The summed E-state index contributed by atoms with van der Waals surface area (Å²) in [6.07, 6.45) is 3.63. The highest BCUT2D eigenvalue weighted by molar-refractivity contribution is 5.90. The quantitative estimate of drug-likeness (QED) is 0.860. The zero-order valence-electron chi connectivity index (χ0n) is 12.8. The number of carbonyl (C=O) groups excluding carboxylic acids is 1. The Bertz CT molecular complexity index is 487. The van der Waals surface area contributed by atoms with Gasteiger partial charge in [0.2, 0.25) is 0 Å². The van der Waals surface area contributed by atoms with Crippen molar-refractivity contribution in [1.82, 2.24) is 4.98 Å². The van der Waals surface area contributed by atoms with Crippen molar-refractivity contribution >= 4 is 11.8 Å². The number of aromatic nitrogens is 1. The lowest BCUT2D eigenvalue weighted by atomic mass is 9.79. The minimum Gasteiger partial charge on any atom is -0.465 e. The van der Waals surface area contributed by atoms with E-state index in [4.69, 9.17) is 4.74 Å². The number of anilines is 1. The average molecular weight is 276 g/mol. The molecule has 0 spiro atoms. The monoisotopic (exact) mass is 276 g/mol. The molecule has 0 aliphatic heterocycles. The first-order valence-corrected chi connectivity index (χ1v) is 7.33. The molecule has 2 rings (SSSR count). The molecule has 0 bridgehead atoms. The average Bonchev–Trinajstić information content (AvgIpc) is 2.42. The Balaban J connectivity index is 2.04. The summed E-state index contributed by atoms with van der Waals surface area (Å²) in [6.45, 7) is 6.48. The van der Waals surface area contributed by atoms with E-state index in [0.29, 0.717) is 17.3 Å². The number of rotatable bonds is 3. The number of carbonyl (C=O) groups is 1. The number of ether oxygens (including phenoxy) is 1. The number of esters is 1. The summed E-state index contributed by atoms with van der Waals surface area (Å²) in [5.41, 5.74) is 1.24. The molecule has 1 saturated carbocycles. The van der Waals surface area contributed by atoms with Crippen LogP contribution in [0.1, 0.15) is 49.2 Å². The van der Waals surface area contributed by atoms with Gasteiger partial charge in [-0.15, -0.1) is 0 Å². The molecule has 3 unspecified atom stereocenters. The van der Waals surface area contributed by atoms with Gasteiger partial charge in [0, 0.05) is 6.04 Å². The van der Waals surface area contributed by atoms with Gasteiger partial charge in [-0.25, -0.2) is 9.78 Å². The predicted octanol–water partition coefficient (Wildman–Crippen LogP) is 3.41. The summed E-state index contributed by atoms with van der Waals surface area (Å²) < 4.78 is 4.73. The van der Waals surface area contributed by atoms with Gasteiger partial charge >= 0.3 is 5.97 Å². The van der Waals surface area contributed by atoms with Crippen molar-refractivity contribution in [3.63, 3.8) is 0 Å². The number of methoxy groups -OCH3 is 1. The van der Waals surface area contributed by atoms with Crippen LogP contribution in [0.25, 0.3) is 0 Å². The molecular weight excluding hydrogens is 252 g/mol. The van der Waals surface area contributed by atoms with E-state index in [9.17, 15) is 4.79 Å². The Morgan fingerprint density at radius 3 is 2.65 bits per heavy atom. The second-order valence-corrected chi connectivity index (χ2v) is 5.93. The molecule has 4 heteroatoms. The second kappa shape index (κ2) is 6.25. The topological polar surface area (TPSA) is 51.2 Å². The highest BCUT2D eigenvalue weighted by Gasteiger charge is 2.24. The number of hydrogen-bond donors (Lipinski definition) is 1. The largest absolute Gasteiger partial charge is 0.465 e. The summed E-state index contributed by atoms with van der Waals surface area (Å²) in [5, 5.41) is 3.49. The maximum Gasteiger partial charge on any atom is 0.339 e. The highest BCUT2D eigenvalue weighted by Crippen LogP contribution is 2.30. The van der Waals surface area contributed by atoms with Gasteiger partial charge in [-0.1, -0.05) is 13.8 Å². The van der Waals surface area contributed by atoms with E-state index < -0.39 is 0 Å². The number of aryl methyl sites for hydroxylation is 1. The zero-order chi connectivity index (χ0) is 14.7. The third-order valence-electron chi connectivity index (χ3n) is 4.44. The van der Waals surface area contributed by atoms with Crippen LogP contribution in [0.2, 0.25) is 0 Å². The van der Waals surface area contributed by atoms with E-state index in [-0.39, 0.29) is 5.97 Å². The molecule has 110 valence electrons. The number of hydrogen-bond acceptors (Lipinski definition) is 4. The predicted molar refractivity (Wildman–Crippen MR) is 79.9 cm³/mol. The SMILES string of the molecule is COC(=O)c1ccc(NC2CCC(C)C(C)C2)nc1C. The summed E-state index contributed by atoms with van der Waals surface area (Å²) in [4.78, 5) is 16.0. The molecule has 1 aliphatic rings. The van der Waals surface area contributed by atoms with Crippen LogP contribution < -0.4 is 5.32 Å². The Morgan fingerprint density at radius 1 is 1.30 bits per heavy atom. The molecule has 1 aromatic heterocycles. The van der Waals surface area contributed by atoms with E-state index >= 15 is 0 Å². The van der Waals surface area contributed by atoms with E-state index in [1.54, 1.807) is 6.07 Å². The number of pyridine rings is 1. The van der Waals surface area contributed by atoms with Crippen LogP contribution in [-0.4, -0.2) is 24.1 Å². The van der Waals surface area contributed by atoms with Crippen LogP contribution in [-0.2, 0) is 4.74 Å². The minimum absolute atomic E-state index is 0.332. The van der Waals surface area contributed by atoms with Crippen LogP contribution >= 0.6 is 0 Å². The van der Waals surface area contributed by atoms with Crippen molar-refractivity contribution < 1.29 is 9.53 Å². The van der Waals surface area contributed by atoms with Gasteiger partial charge in [0.25, 0.3) is 0 Å². The zero-order valence-corrected chi connectivity index (χ0v) is 12.8. The van der Waals surface area contributed by atoms with Gasteiger partial charge in [-0.2, -0.15) is 0 Å². The molecule has 1 fully saturated rings. The lowest BCUT2D eigenvalue weighted by molar-refractivity contribution is 0.0599. The van der Waals surface area contributed by atoms with E-state index in [0.717, 1.165) is 17.7 Å². The summed E-state index contributed by atoms with van der Waals surface area (Å²) in [7, 11) is 1.39. The number of nitrogens with zero attached hydrogens (tertiary/aromatic N) is 1. The molecule has 0 aromatic carbocycles. The summed E-state index contributed by atoms with van der Waals surface area (Å²) in [5.74, 6) is 2.07. The molecule has 1 aliphatic carbocycles. The maximum absolute atomic E-state index is 11.5. The van der Waals surface area contributed by atoms with Crippen LogP contribution in [0.5, 0.6) is 0 Å². The molecule has 4 nitrogen and oxygen atoms in total. The van der Waals surface area contributed by atoms with Crippen molar-refractivity contribution in [2.24, 2.45) is 11.8 Å². The van der Waals surface area contributed by atoms with Gasteiger partial charge in [0.15, 0.2) is 0 Å². The van der Waals surface area contributed by atoms with Crippen molar-refractivity contribution in [2.75, 3.05) is 12.4 Å². The summed E-state index contributed by atoms with van der Waals surface area (Å²) in [6, 6.07) is 4.13. The van der Waals surface area contributed by atoms with Crippen molar-refractivity contribution in [3.05, 3.63) is 23.4 Å². The second-order valence-electron chi connectivity index (χ2n) is 5.93. The Labute approximate surface area is 120 Å². The normalized spacial score (nSPS) is 26.1. The fourth-order valence-electron chi connectivity index (χ4n) is 2.85. The third kappa shape index (κ3) is 3.30. The van der Waals surface area contributed by atoms with Crippen LogP contribution in [0.4, 0.5) is 5.82 Å². The molecule has 1 aromatic rings. The first-order valence-electron chi connectivity index (χ1n) is 7.33. The number of nitrogens with one attached hydrogen (secondary N) is 1. The fourth-order valence-corrected chi connectivity index (χ4v) is 2.85. The lowest BCUT2D eigenvalue weighted by Gasteiger charge is -2.32. The maximum atomic E-state index is 11.5. The van der Waals surface area contributed by atoms with Gasteiger partial charge in [-0.3, -0.25) is 0 Å². The van der Waals surface area contributed by atoms with Gasteiger partial charge < -0.3 is 10.1 Å². The van der Waals surface area contributed by atoms with Crippen molar-refractivity contribution in [3.8, 4) is 0 Å². The summed E-state index contributed by atoms with van der Waals surface area (Å²) >= 11 is 0.